The van der Waals surface area contributed by atoms with Crippen LogP contribution < -0.4 is 5.73 Å². The Morgan fingerprint density at radius 3 is 1.89 bits per heavy atom. The highest BCUT2D eigenvalue weighted by Crippen LogP contribution is 2.25. The van der Waals surface area contributed by atoms with Crippen molar-refractivity contribution >= 4 is 24.2 Å². The van der Waals surface area contributed by atoms with E-state index in [1.807, 2.05) is 20.8 Å². The highest BCUT2D eigenvalue weighted by molar-refractivity contribution is 6.21. The Bertz CT molecular complexity index is 473. The Kier molecular flexibility index (Phi) is 4.38. The van der Waals surface area contributed by atoms with Crippen LogP contribution >= 0.6 is 12.4 Å². The minimum Gasteiger partial charge on any atom is -0.326 e. The number of imide groups is 1. The zero-order chi connectivity index (χ0) is 13.5. The summed E-state index contributed by atoms with van der Waals surface area (Å²) in [5.74, 6) is -0.481. The molecule has 4 nitrogen and oxygen atoms in total. The van der Waals surface area contributed by atoms with E-state index in [0.717, 1.165) is 0 Å². The van der Waals surface area contributed by atoms with E-state index in [1.54, 1.807) is 24.3 Å². The molecule has 0 radical (unpaired) electrons. The lowest BCUT2D eigenvalue weighted by molar-refractivity contribution is 0.0623. The molecule has 1 aliphatic heterocycles. The molecule has 0 aliphatic carbocycles. The quantitative estimate of drug-likeness (QED) is 0.845. The number of nitrogens with two attached hydrogens (primary N) is 1. The van der Waals surface area contributed by atoms with Crippen LogP contribution in [0.1, 0.15) is 41.5 Å². The molecule has 1 atom stereocenters. The lowest BCUT2D eigenvalue weighted by atomic mass is 9.87. The molecule has 19 heavy (non-hydrogen) atoms. The average Bonchev–Trinajstić information content (AvgIpc) is 2.54. The van der Waals surface area contributed by atoms with Crippen molar-refractivity contribution in [3.63, 3.8) is 0 Å². The molecule has 2 rings (SSSR count). The SMILES string of the molecule is CC(C)(C)[C@H](N)CN1C(=O)c2ccccc2C1=O.Cl. The number of nitrogens with zero attached hydrogens (tertiary/aromatic N) is 1. The molecule has 0 unspecified atom stereocenters. The second kappa shape index (κ2) is 5.31. The van der Waals surface area contributed by atoms with Crippen molar-refractivity contribution in [2.75, 3.05) is 6.54 Å². The molecule has 2 N–H and O–H groups in total. The molecule has 1 heterocycles. The summed E-state index contributed by atoms with van der Waals surface area (Å²) in [6.45, 7) is 6.25. The van der Waals surface area contributed by atoms with Gasteiger partial charge in [-0.05, 0) is 17.5 Å². The number of halogens is 1. The Labute approximate surface area is 119 Å². The summed E-state index contributed by atoms with van der Waals surface area (Å²) in [5.41, 5.74) is 6.85. The number of hydrogen-bond donors (Lipinski definition) is 1. The van der Waals surface area contributed by atoms with Gasteiger partial charge in [-0.1, -0.05) is 32.9 Å². The number of carbonyl (C=O) groups is 2. The Morgan fingerprint density at radius 2 is 1.53 bits per heavy atom. The highest BCUT2D eigenvalue weighted by Gasteiger charge is 2.37. The third-order valence-corrected chi connectivity index (χ3v) is 3.37. The summed E-state index contributed by atoms with van der Waals surface area (Å²) in [5, 5.41) is 0. The third kappa shape index (κ3) is 2.80. The summed E-state index contributed by atoms with van der Waals surface area (Å²) in [6, 6.07) is 6.64. The Morgan fingerprint density at radius 1 is 1.11 bits per heavy atom. The maximum atomic E-state index is 12.1. The van der Waals surface area contributed by atoms with Gasteiger partial charge in [0.2, 0.25) is 0 Å². The minimum absolute atomic E-state index is 0. The zero-order valence-corrected chi connectivity index (χ0v) is 12.2. The second-order valence-electron chi connectivity index (χ2n) is 5.74. The standard InChI is InChI=1S/C14H18N2O2.ClH/c1-14(2,3)11(15)8-16-12(17)9-6-4-5-7-10(9)13(16)18;/h4-7,11H,8,15H2,1-3H3;1H/t11-;/m1./s1. The van der Waals surface area contributed by atoms with E-state index in [9.17, 15) is 9.59 Å². The van der Waals surface area contributed by atoms with Crippen LogP contribution in [0.15, 0.2) is 24.3 Å². The lowest BCUT2D eigenvalue weighted by Gasteiger charge is -2.29. The number of benzene rings is 1. The Balaban J connectivity index is 0.00000180. The van der Waals surface area contributed by atoms with Gasteiger partial charge in [0.15, 0.2) is 0 Å². The zero-order valence-electron chi connectivity index (χ0n) is 11.3. The first-order valence-corrected chi connectivity index (χ1v) is 6.03. The van der Waals surface area contributed by atoms with E-state index < -0.39 is 0 Å². The van der Waals surface area contributed by atoms with Crippen molar-refractivity contribution in [1.82, 2.24) is 4.90 Å². The summed E-state index contributed by atoms with van der Waals surface area (Å²) in [7, 11) is 0. The molecule has 104 valence electrons. The van der Waals surface area contributed by atoms with Gasteiger partial charge >= 0.3 is 0 Å². The molecule has 0 saturated carbocycles. The molecule has 1 aliphatic rings. The molecule has 0 saturated heterocycles. The van der Waals surface area contributed by atoms with Crippen molar-refractivity contribution in [1.29, 1.82) is 0 Å². The van der Waals surface area contributed by atoms with Gasteiger partial charge in [-0.3, -0.25) is 14.5 Å². The van der Waals surface area contributed by atoms with Crippen LogP contribution in [0.3, 0.4) is 0 Å². The smallest absolute Gasteiger partial charge is 0.261 e. The molecule has 1 aromatic carbocycles. The van der Waals surface area contributed by atoms with Crippen LogP contribution in [0.2, 0.25) is 0 Å². The van der Waals surface area contributed by atoms with Gasteiger partial charge in [0.1, 0.15) is 0 Å². The maximum Gasteiger partial charge on any atom is 0.261 e. The number of fused-ring (bicyclic) bond motifs is 1. The van der Waals surface area contributed by atoms with Crippen molar-refractivity contribution in [3.8, 4) is 0 Å². The molecule has 5 heteroatoms. The third-order valence-electron chi connectivity index (χ3n) is 3.37. The van der Waals surface area contributed by atoms with E-state index in [0.29, 0.717) is 11.1 Å². The normalized spacial score (nSPS) is 16.1. The molecule has 2 amide bonds. The van der Waals surface area contributed by atoms with E-state index in [-0.39, 0.29) is 42.2 Å². The molecule has 0 fully saturated rings. The van der Waals surface area contributed by atoms with Gasteiger partial charge in [0.25, 0.3) is 11.8 Å². The number of amides is 2. The van der Waals surface area contributed by atoms with Crippen molar-refractivity contribution in [2.24, 2.45) is 11.1 Å². The number of rotatable bonds is 2. The average molecular weight is 283 g/mol. The predicted octanol–water partition coefficient (Wildman–Crippen LogP) is 2.08. The highest BCUT2D eigenvalue weighted by atomic mass is 35.5. The lowest BCUT2D eigenvalue weighted by Crippen LogP contribution is -2.47. The molecule has 0 bridgehead atoms. The van der Waals surface area contributed by atoms with Gasteiger partial charge < -0.3 is 5.73 Å². The fourth-order valence-corrected chi connectivity index (χ4v) is 1.88. The van der Waals surface area contributed by atoms with Gasteiger partial charge in [-0.15, -0.1) is 12.4 Å². The van der Waals surface area contributed by atoms with Crippen molar-refractivity contribution < 1.29 is 9.59 Å². The Hall–Kier alpha value is -1.39. The summed E-state index contributed by atoms with van der Waals surface area (Å²) >= 11 is 0. The van der Waals surface area contributed by atoms with Crippen LogP contribution in [-0.2, 0) is 0 Å². The van der Waals surface area contributed by atoms with E-state index in [2.05, 4.69) is 0 Å². The van der Waals surface area contributed by atoms with Crippen LogP contribution in [0.5, 0.6) is 0 Å². The van der Waals surface area contributed by atoms with Gasteiger partial charge in [0.05, 0.1) is 11.1 Å². The number of carbonyl (C=O) groups excluding carboxylic acids is 2. The first-order valence-electron chi connectivity index (χ1n) is 6.03. The minimum atomic E-state index is -0.240. The second-order valence-corrected chi connectivity index (χ2v) is 5.74. The first-order chi connectivity index (χ1) is 8.32. The summed E-state index contributed by atoms with van der Waals surface area (Å²) < 4.78 is 0. The summed E-state index contributed by atoms with van der Waals surface area (Å²) in [4.78, 5) is 25.5. The fraction of sp³-hybridized carbons (Fsp3) is 0.429. The molecular formula is C14H19ClN2O2. The number of hydrogen-bond acceptors (Lipinski definition) is 3. The van der Waals surface area contributed by atoms with Gasteiger partial charge in [-0.25, -0.2) is 0 Å². The van der Waals surface area contributed by atoms with Crippen molar-refractivity contribution in [2.45, 2.75) is 26.8 Å². The predicted molar refractivity (Wildman–Crippen MR) is 76.5 cm³/mol. The molecular weight excluding hydrogens is 264 g/mol. The summed E-state index contributed by atoms with van der Waals surface area (Å²) in [6.07, 6.45) is 0. The van der Waals surface area contributed by atoms with Crippen LogP contribution in [-0.4, -0.2) is 29.3 Å². The van der Waals surface area contributed by atoms with Crippen LogP contribution in [0.4, 0.5) is 0 Å². The van der Waals surface area contributed by atoms with E-state index in [1.165, 1.54) is 4.90 Å². The van der Waals surface area contributed by atoms with Crippen LogP contribution in [0, 0.1) is 5.41 Å². The molecule has 0 spiro atoms. The van der Waals surface area contributed by atoms with Gasteiger partial charge in [0, 0.05) is 12.6 Å². The first kappa shape index (κ1) is 15.7. The van der Waals surface area contributed by atoms with E-state index >= 15 is 0 Å². The molecule has 0 aromatic heterocycles. The van der Waals surface area contributed by atoms with Gasteiger partial charge in [-0.2, -0.15) is 0 Å². The molecule has 1 aromatic rings. The fourth-order valence-electron chi connectivity index (χ4n) is 1.88. The maximum absolute atomic E-state index is 12.1. The monoisotopic (exact) mass is 282 g/mol. The van der Waals surface area contributed by atoms with Crippen LogP contribution in [0.25, 0.3) is 0 Å². The largest absolute Gasteiger partial charge is 0.326 e. The van der Waals surface area contributed by atoms with E-state index in [4.69, 9.17) is 5.73 Å². The topological polar surface area (TPSA) is 63.4 Å². The van der Waals surface area contributed by atoms with Crippen molar-refractivity contribution in [3.05, 3.63) is 35.4 Å².